The molecule has 0 radical (unpaired) electrons. The van der Waals surface area contributed by atoms with Crippen molar-refractivity contribution in [2.75, 3.05) is 9.80 Å². The van der Waals surface area contributed by atoms with Crippen LogP contribution in [0, 0.1) is 5.92 Å². The lowest BCUT2D eigenvalue weighted by Crippen LogP contribution is -2.25. The SMILES string of the molecule is c1ccc(C2=NN=C(c3ccccc3)C(Cc3ccc(N4c5ccccc5N(c5ccccc5)c5ccccc54)cc3)C2)cc1. The summed E-state index contributed by atoms with van der Waals surface area (Å²) < 4.78 is 0. The van der Waals surface area contributed by atoms with E-state index in [1.165, 1.54) is 5.56 Å². The van der Waals surface area contributed by atoms with Crippen molar-refractivity contribution in [1.29, 1.82) is 0 Å². The Morgan fingerprint density at radius 2 is 0.889 bits per heavy atom. The topological polar surface area (TPSA) is 31.2 Å². The third-order valence-corrected chi connectivity index (χ3v) is 8.70. The molecule has 6 aromatic carbocycles. The summed E-state index contributed by atoms with van der Waals surface area (Å²) in [6.45, 7) is 0. The van der Waals surface area contributed by atoms with E-state index in [1.807, 2.05) is 6.07 Å². The van der Waals surface area contributed by atoms with E-state index in [0.717, 1.165) is 69.5 Å². The minimum absolute atomic E-state index is 0.224. The van der Waals surface area contributed by atoms with Crippen LogP contribution < -0.4 is 9.80 Å². The van der Waals surface area contributed by atoms with Crippen LogP contribution in [0.2, 0.25) is 0 Å². The van der Waals surface area contributed by atoms with Gasteiger partial charge in [-0.3, -0.25) is 0 Å². The first-order valence-corrected chi connectivity index (χ1v) is 15.5. The van der Waals surface area contributed by atoms with Crippen molar-refractivity contribution >= 4 is 45.5 Å². The van der Waals surface area contributed by atoms with Crippen LogP contribution >= 0.6 is 0 Å². The maximum absolute atomic E-state index is 4.80. The van der Waals surface area contributed by atoms with Gasteiger partial charge in [-0.1, -0.05) is 115 Å². The predicted molar refractivity (Wildman–Crippen MR) is 187 cm³/mol. The van der Waals surface area contributed by atoms with E-state index >= 15 is 0 Å². The third-order valence-electron chi connectivity index (χ3n) is 8.70. The van der Waals surface area contributed by atoms with Crippen molar-refractivity contribution in [2.24, 2.45) is 16.1 Å². The van der Waals surface area contributed by atoms with E-state index in [-0.39, 0.29) is 5.92 Å². The Morgan fingerprint density at radius 1 is 0.444 bits per heavy atom. The molecule has 0 aromatic heterocycles. The molecule has 2 aliphatic rings. The Bertz CT molecular complexity index is 1950. The van der Waals surface area contributed by atoms with Gasteiger partial charge in [0.05, 0.1) is 34.2 Å². The van der Waals surface area contributed by atoms with Gasteiger partial charge in [0.2, 0.25) is 0 Å². The molecule has 45 heavy (non-hydrogen) atoms. The standard InChI is InChI=1S/C41H32N4/c1-4-14-31(15-5-1)36-29-33(41(43-42-36)32-16-6-2-7-17-32)28-30-24-26-35(27-25-30)45-39-22-12-10-20-37(39)44(34-18-8-3-9-19-34)38-21-11-13-23-40(38)45/h1-27,33H,28-29H2. The highest BCUT2D eigenvalue weighted by Gasteiger charge is 2.30. The molecular formula is C41H32N4. The molecule has 0 amide bonds. The highest BCUT2D eigenvalue weighted by molar-refractivity contribution is 6.10. The fraction of sp³-hybridized carbons (Fsp3) is 0.0732. The summed E-state index contributed by atoms with van der Waals surface area (Å²) in [5.74, 6) is 0.224. The van der Waals surface area contributed by atoms with Gasteiger partial charge in [0.1, 0.15) is 0 Å². The van der Waals surface area contributed by atoms with E-state index in [4.69, 9.17) is 5.10 Å². The molecule has 0 fully saturated rings. The summed E-state index contributed by atoms with van der Waals surface area (Å²) in [6.07, 6.45) is 1.73. The van der Waals surface area contributed by atoms with Crippen molar-refractivity contribution in [3.05, 3.63) is 180 Å². The second kappa shape index (κ2) is 11.7. The average molecular weight is 581 g/mol. The first kappa shape index (κ1) is 26.9. The molecule has 0 spiro atoms. The summed E-state index contributed by atoms with van der Waals surface area (Å²) >= 11 is 0. The van der Waals surface area contributed by atoms with Gasteiger partial charge in [-0.15, -0.1) is 0 Å². The molecule has 1 atom stereocenters. The fourth-order valence-electron chi connectivity index (χ4n) is 6.59. The van der Waals surface area contributed by atoms with Gasteiger partial charge in [0.15, 0.2) is 0 Å². The molecular weight excluding hydrogens is 548 g/mol. The van der Waals surface area contributed by atoms with Crippen LogP contribution in [0.25, 0.3) is 0 Å². The zero-order valence-corrected chi connectivity index (χ0v) is 24.9. The quantitative estimate of drug-likeness (QED) is 0.196. The van der Waals surface area contributed by atoms with Gasteiger partial charge in [0, 0.05) is 23.7 Å². The molecule has 2 aliphatic heterocycles. The van der Waals surface area contributed by atoms with Gasteiger partial charge >= 0.3 is 0 Å². The number of para-hydroxylation sites is 5. The lowest BCUT2D eigenvalue weighted by atomic mass is 9.84. The maximum atomic E-state index is 4.80. The second-order valence-corrected chi connectivity index (χ2v) is 11.5. The Balaban J connectivity index is 1.13. The van der Waals surface area contributed by atoms with Crippen molar-refractivity contribution in [1.82, 2.24) is 0 Å². The number of hydrogen-bond donors (Lipinski definition) is 0. The third kappa shape index (κ3) is 5.11. The zero-order chi connectivity index (χ0) is 30.0. The van der Waals surface area contributed by atoms with E-state index in [1.54, 1.807) is 0 Å². The highest BCUT2D eigenvalue weighted by Crippen LogP contribution is 2.53. The van der Waals surface area contributed by atoms with Gasteiger partial charge in [-0.2, -0.15) is 10.2 Å². The van der Waals surface area contributed by atoms with E-state index in [2.05, 4.69) is 173 Å². The molecule has 4 heteroatoms. The fourth-order valence-corrected chi connectivity index (χ4v) is 6.59. The van der Waals surface area contributed by atoms with Gasteiger partial charge in [0.25, 0.3) is 0 Å². The molecule has 0 N–H and O–H groups in total. The van der Waals surface area contributed by atoms with E-state index in [9.17, 15) is 0 Å². The minimum atomic E-state index is 0.224. The molecule has 216 valence electrons. The molecule has 8 rings (SSSR count). The number of anilines is 6. The average Bonchev–Trinajstić information content (AvgIpc) is 3.12. The van der Waals surface area contributed by atoms with Crippen LogP contribution in [0.5, 0.6) is 0 Å². The normalized spacial score (nSPS) is 15.5. The maximum Gasteiger partial charge on any atom is 0.0740 e. The first-order chi connectivity index (χ1) is 22.3. The van der Waals surface area contributed by atoms with Crippen LogP contribution in [0.1, 0.15) is 23.1 Å². The predicted octanol–water partition coefficient (Wildman–Crippen LogP) is 10.4. The number of hydrogen-bond acceptors (Lipinski definition) is 4. The van der Waals surface area contributed by atoms with Crippen LogP contribution in [0.4, 0.5) is 34.1 Å². The van der Waals surface area contributed by atoms with Crippen molar-refractivity contribution < 1.29 is 0 Å². The molecule has 6 aromatic rings. The largest absolute Gasteiger partial charge is 0.306 e. The second-order valence-electron chi connectivity index (χ2n) is 11.5. The van der Waals surface area contributed by atoms with Crippen LogP contribution in [-0.4, -0.2) is 11.4 Å². The minimum Gasteiger partial charge on any atom is -0.306 e. The molecule has 4 nitrogen and oxygen atoms in total. The van der Waals surface area contributed by atoms with Gasteiger partial charge in [-0.25, -0.2) is 0 Å². The summed E-state index contributed by atoms with van der Waals surface area (Å²) in [5.41, 5.74) is 12.6. The Morgan fingerprint density at radius 3 is 1.42 bits per heavy atom. The summed E-state index contributed by atoms with van der Waals surface area (Å²) in [6, 6.07) is 57.9. The molecule has 1 unspecified atom stereocenters. The molecule has 2 heterocycles. The molecule has 0 saturated heterocycles. The van der Waals surface area contributed by atoms with Crippen LogP contribution in [0.15, 0.2) is 174 Å². The molecule has 0 bridgehead atoms. The Hall–Kier alpha value is -5.74. The number of rotatable bonds is 6. The Labute approximate surface area is 264 Å². The van der Waals surface area contributed by atoms with Crippen molar-refractivity contribution in [3.63, 3.8) is 0 Å². The van der Waals surface area contributed by atoms with Crippen LogP contribution in [0.3, 0.4) is 0 Å². The molecule has 0 aliphatic carbocycles. The van der Waals surface area contributed by atoms with Gasteiger partial charge < -0.3 is 9.80 Å². The lowest BCUT2D eigenvalue weighted by Gasteiger charge is -2.40. The van der Waals surface area contributed by atoms with Crippen molar-refractivity contribution in [2.45, 2.75) is 12.8 Å². The lowest BCUT2D eigenvalue weighted by molar-refractivity contribution is 0.702. The van der Waals surface area contributed by atoms with E-state index < -0.39 is 0 Å². The zero-order valence-electron chi connectivity index (χ0n) is 24.9. The highest BCUT2D eigenvalue weighted by atomic mass is 15.3. The van der Waals surface area contributed by atoms with Crippen molar-refractivity contribution in [3.8, 4) is 0 Å². The smallest absolute Gasteiger partial charge is 0.0740 e. The number of nitrogens with zero attached hydrogens (tertiary/aromatic N) is 4. The Kier molecular flexibility index (Phi) is 7.01. The summed E-state index contributed by atoms with van der Waals surface area (Å²) in [5, 5.41) is 9.49. The summed E-state index contributed by atoms with van der Waals surface area (Å²) in [7, 11) is 0. The number of fused-ring (bicyclic) bond motifs is 2. The molecule has 0 saturated carbocycles. The van der Waals surface area contributed by atoms with Gasteiger partial charge in [-0.05, 0) is 71.6 Å². The monoisotopic (exact) mass is 580 g/mol. The number of benzene rings is 6. The van der Waals surface area contributed by atoms with Crippen LogP contribution in [-0.2, 0) is 6.42 Å². The first-order valence-electron chi connectivity index (χ1n) is 15.5. The summed E-state index contributed by atoms with van der Waals surface area (Å²) in [4.78, 5) is 4.74. The van der Waals surface area contributed by atoms with E-state index in [0.29, 0.717) is 0 Å².